The third-order valence-corrected chi connectivity index (χ3v) is 3.67. The van der Waals surface area contributed by atoms with Crippen LogP contribution in [0.15, 0.2) is 36.5 Å². The number of hydrogen-bond acceptors (Lipinski definition) is 5. The Hall–Kier alpha value is -2.37. The number of methoxy groups -OCH3 is 1. The molecule has 0 N–H and O–H groups in total. The molecule has 0 atom stereocenters. The largest absolute Gasteiger partial charge is 0.490 e. The van der Waals surface area contributed by atoms with Gasteiger partial charge in [-0.2, -0.15) is 4.98 Å². The van der Waals surface area contributed by atoms with Gasteiger partial charge >= 0.3 is 0 Å². The molecule has 1 fully saturated rings. The highest BCUT2D eigenvalue weighted by Crippen LogP contribution is 2.22. The lowest BCUT2D eigenvalue weighted by Gasteiger charge is -2.32. The van der Waals surface area contributed by atoms with Gasteiger partial charge in [0, 0.05) is 38.2 Å². The van der Waals surface area contributed by atoms with Crippen molar-refractivity contribution in [2.24, 2.45) is 0 Å². The number of hydrogen-bond donors (Lipinski definition) is 0. The molecule has 22 heavy (non-hydrogen) atoms. The van der Waals surface area contributed by atoms with Crippen LogP contribution in [0.4, 0.5) is 10.3 Å². The SMILES string of the molecule is COc1ccnc(N2CCC(Oc3ccc(F)cc3)CC2)n1. The predicted molar refractivity (Wildman–Crippen MR) is 80.8 cm³/mol. The van der Waals surface area contributed by atoms with Crippen molar-refractivity contribution < 1.29 is 13.9 Å². The third-order valence-electron chi connectivity index (χ3n) is 3.67. The number of halogens is 1. The Morgan fingerprint density at radius 2 is 1.86 bits per heavy atom. The summed E-state index contributed by atoms with van der Waals surface area (Å²) in [5.74, 6) is 1.70. The fraction of sp³-hybridized carbons (Fsp3) is 0.375. The summed E-state index contributed by atoms with van der Waals surface area (Å²) in [5.41, 5.74) is 0. The van der Waals surface area contributed by atoms with Crippen molar-refractivity contribution in [3.63, 3.8) is 0 Å². The zero-order valence-electron chi connectivity index (χ0n) is 12.4. The van der Waals surface area contributed by atoms with E-state index < -0.39 is 0 Å². The summed E-state index contributed by atoms with van der Waals surface area (Å²) < 4.78 is 23.9. The fourth-order valence-corrected chi connectivity index (χ4v) is 2.48. The maximum absolute atomic E-state index is 12.9. The van der Waals surface area contributed by atoms with E-state index >= 15 is 0 Å². The van der Waals surface area contributed by atoms with Gasteiger partial charge in [0.15, 0.2) is 0 Å². The van der Waals surface area contributed by atoms with Gasteiger partial charge in [0.1, 0.15) is 17.7 Å². The van der Waals surface area contributed by atoms with Gasteiger partial charge < -0.3 is 14.4 Å². The first-order valence-corrected chi connectivity index (χ1v) is 7.29. The summed E-state index contributed by atoms with van der Waals surface area (Å²) in [6.07, 6.45) is 3.57. The Morgan fingerprint density at radius 1 is 1.14 bits per heavy atom. The molecule has 0 saturated carbocycles. The van der Waals surface area contributed by atoms with Crippen molar-refractivity contribution >= 4 is 5.95 Å². The van der Waals surface area contributed by atoms with Crippen LogP contribution in [-0.2, 0) is 0 Å². The van der Waals surface area contributed by atoms with E-state index in [1.54, 1.807) is 31.5 Å². The molecular weight excluding hydrogens is 285 g/mol. The molecule has 0 amide bonds. The lowest BCUT2D eigenvalue weighted by atomic mass is 10.1. The average molecular weight is 303 g/mol. The van der Waals surface area contributed by atoms with E-state index in [2.05, 4.69) is 14.9 Å². The van der Waals surface area contributed by atoms with Crippen LogP contribution in [0.2, 0.25) is 0 Å². The second-order valence-electron chi connectivity index (χ2n) is 5.16. The van der Waals surface area contributed by atoms with Crippen LogP contribution in [0.1, 0.15) is 12.8 Å². The van der Waals surface area contributed by atoms with Gasteiger partial charge in [0.2, 0.25) is 11.8 Å². The first-order chi connectivity index (χ1) is 10.7. The second kappa shape index (κ2) is 6.60. The summed E-state index contributed by atoms with van der Waals surface area (Å²) in [7, 11) is 1.59. The Morgan fingerprint density at radius 3 is 2.55 bits per heavy atom. The molecule has 0 radical (unpaired) electrons. The molecule has 3 rings (SSSR count). The molecule has 0 aliphatic carbocycles. The maximum Gasteiger partial charge on any atom is 0.228 e. The second-order valence-corrected chi connectivity index (χ2v) is 5.16. The minimum Gasteiger partial charge on any atom is -0.490 e. The number of benzene rings is 1. The fourth-order valence-electron chi connectivity index (χ4n) is 2.48. The van der Waals surface area contributed by atoms with Gasteiger partial charge in [0.25, 0.3) is 0 Å². The highest BCUT2D eigenvalue weighted by molar-refractivity contribution is 5.32. The van der Waals surface area contributed by atoms with Crippen LogP contribution in [0.3, 0.4) is 0 Å². The molecule has 1 aliphatic rings. The first-order valence-electron chi connectivity index (χ1n) is 7.29. The highest BCUT2D eigenvalue weighted by atomic mass is 19.1. The smallest absolute Gasteiger partial charge is 0.228 e. The summed E-state index contributed by atoms with van der Waals surface area (Å²) in [6.45, 7) is 1.64. The molecule has 1 aliphatic heterocycles. The summed E-state index contributed by atoms with van der Waals surface area (Å²) in [4.78, 5) is 10.7. The summed E-state index contributed by atoms with van der Waals surface area (Å²) >= 11 is 0. The Bertz CT molecular complexity index is 613. The molecule has 2 heterocycles. The Balaban J connectivity index is 1.56. The molecule has 0 bridgehead atoms. The van der Waals surface area contributed by atoms with E-state index in [4.69, 9.17) is 9.47 Å². The van der Waals surface area contributed by atoms with Gasteiger partial charge in [0.05, 0.1) is 7.11 Å². The van der Waals surface area contributed by atoms with Gasteiger partial charge in [-0.1, -0.05) is 0 Å². The van der Waals surface area contributed by atoms with Crippen molar-refractivity contribution in [2.75, 3.05) is 25.1 Å². The quantitative estimate of drug-likeness (QED) is 0.869. The van der Waals surface area contributed by atoms with Crippen LogP contribution in [0, 0.1) is 5.82 Å². The first kappa shape index (κ1) is 14.6. The van der Waals surface area contributed by atoms with E-state index in [-0.39, 0.29) is 11.9 Å². The molecule has 1 aromatic carbocycles. The number of ether oxygens (including phenoxy) is 2. The number of rotatable bonds is 4. The van der Waals surface area contributed by atoms with E-state index in [0.717, 1.165) is 25.9 Å². The molecule has 5 nitrogen and oxygen atoms in total. The predicted octanol–water partition coefficient (Wildman–Crippen LogP) is 2.67. The zero-order chi connectivity index (χ0) is 15.4. The van der Waals surface area contributed by atoms with E-state index in [0.29, 0.717) is 17.6 Å². The number of aromatic nitrogens is 2. The molecule has 0 spiro atoms. The van der Waals surface area contributed by atoms with Crippen LogP contribution < -0.4 is 14.4 Å². The van der Waals surface area contributed by atoms with E-state index in [1.807, 2.05) is 0 Å². The normalized spacial score (nSPS) is 15.6. The summed E-state index contributed by atoms with van der Waals surface area (Å²) in [6, 6.07) is 7.87. The molecule has 1 saturated heterocycles. The monoisotopic (exact) mass is 303 g/mol. The molecule has 0 unspecified atom stereocenters. The molecule has 1 aromatic heterocycles. The van der Waals surface area contributed by atoms with Crippen LogP contribution in [0.25, 0.3) is 0 Å². The van der Waals surface area contributed by atoms with Crippen molar-refractivity contribution in [3.8, 4) is 11.6 Å². The van der Waals surface area contributed by atoms with Gasteiger partial charge in [-0.15, -0.1) is 0 Å². The van der Waals surface area contributed by atoms with Crippen LogP contribution >= 0.6 is 0 Å². The van der Waals surface area contributed by atoms with Crippen LogP contribution in [0.5, 0.6) is 11.6 Å². The Labute approximate surface area is 128 Å². The number of piperidine rings is 1. The van der Waals surface area contributed by atoms with Crippen molar-refractivity contribution in [1.82, 2.24) is 9.97 Å². The maximum atomic E-state index is 12.9. The zero-order valence-corrected chi connectivity index (χ0v) is 12.4. The van der Waals surface area contributed by atoms with Gasteiger partial charge in [-0.3, -0.25) is 0 Å². The van der Waals surface area contributed by atoms with Gasteiger partial charge in [-0.25, -0.2) is 9.37 Å². The van der Waals surface area contributed by atoms with Crippen LogP contribution in [-0.4, -0.2) is 36.3 Å². The molecular formula is C16H18FN3O2. The van der Waals surface area contributed by atoms with E-state index in [1.165, 1.54) is 12.1 Å². The highest BCUT2D eigenvalue weighted by Gasteiger charge is 2.22. The van der Waals surface area contributed by atoms with E-state index in [9.17, 15) is 4.39 Å². The Kier molecular flexibility index (Phi) is 4.37. The topological polar surface area (TPSA) is 47.5 Å². The standard InChI is InChI=1S/C16H18FN3O2/c1-21-15-6-9-18-16(19-15)20-10-7-14(8-11-20)22-13-4-2-12(17)3-5-13/h2-6,9,14H,7-8,10-11H2,1H3. The number of nitrogens with zero attached hydrogens (tertiary/aromatic N) is 3. The lowest BCUT2D eigenvalue weighted by Crippen LogP contribution is -2.39. The average Bonchev–Trinajstić information content (AvgIpc) is 2.58. The van der Waals surface area contributed by atoms with Crippen molar-refractivity contribution in [1.29, 1.82) is 0 Å². The minimum atomic E-state index is -0.252. The lowest BCUT2D eigenvalue weighted by molar-refractivity contribution is 0.170. The molecule has 2 aromatic rings. The van der Waals surface area contributed by atoms with Crippen molar-refractivity contribution in [2.45, 2.75) is 18.9 Å². The molecule has 6 heteroatoms. The minimum absolute atomic E-state index is 0.132. The summed E-state index contributed by atoms with van der Waals surface area (Å²) in [5, 5.41) is 0. The van der Waals surface area contributed by atoms with Gasteiger partial charge in [-0.05, 0) is 24.3 Å². The third kappa shape index (κ3) is 3.44. The molecule has 116 valence electrons. The van der Waals surface area contributed by atoms with Crippen molar-refractivity contribution in [3.05, 3.63) is 42.3 Å². The number of anilines is 1.